The van der Waals surface area contributed by atoms with Crippen molar-refractivity contribution in [2.24, 2.45) is 0 Å². The Kier molecular flexibility index (Phi) is 3.31. The lowest BCUT2D eigenvalue weighted by Gasteiger charge is -2.01. The summed E-state index contributed by atoms with van der Waals surface area (Å²) in [5.74, 6) is -0.458. The summed E-state index contributed by atoms with van der Waals surface area (Å²) >= 11 is 17.0. The third kappa shape index (κ3) is 2.21. The van der Waals surface area contributed by atoms with Crippen LogP contribution in [0.2, 0.25) is 15.1 Å². The lowest BCUT2D eigenvalue weighted by atomic mass is 10.1. The van der Waals surface area contributed by atoms with Crippen LogP contribution in [-0.4, -0.2) is 12.0 Å². The molecule has 1 rings (SSSR count). The summed E-state index contributed by atoms with van der Waals surface area (Å²) < 4.78 is 0. The zero-order chi connectivity index (χ0) is 10.0. The van der Waals surface area contributed by atoms with Crippen molar-refractivity contribution in [1.82, 2.24) is 0 Å². The van der Waals surface area contributed by atoms with Gasteiger partial charge < -0.3 is 5.41 Å². The molecule has 0 aliphatic heterocycles. The molecule has 0 bridgehead atoms. The largest absolute Gasteiger partial charge is 0.305 e. The fourth-order valence-electron chi connectivity index (χ4n) is 0.781. The van der Waals surface area contributed by atoms with Crippen LogP contribution in [0.1, 0.15) is 10.4 Å². The summed E-state index contributed by atoms with van der Waals surface area (Å²) in [6, 6.07) is 2.76. The minimum Gasteiger partial charge on any atom is -0.305 e. The summed E-state index contributed by atoms with van der Waals surface area (Å²) in [6.07, 6.45) is 0.690. The molecule has 0 spiro atoms. The number of nitrogens with one attached hydrogen (secondary N) is 1. The number of carbonyl (C=O) groups is 1. The maximum absolute atomic E-state index is 11.0. The standard InChI is InChI=1S/C8H4Cl3NO/c9-5-1-4(7(13)3-12)2-6(10)8(5)11/h1-3,12H. The predicted molar refractivity (Wildman–Crippen MR) is 54.6 cm³/mol. The average molecular weight is 236 g/mol. The molecule has 13 heavy (non-hydrogen) atoms. The van der Waals surface area contributed by atoms with Crippen molar-refractivity contribution < 1.29 is 4.79 Å². The molecule has 0 radical (unpaired) electrons. The van der Waals surface area contributed by atoms with E-state index in [9.17, 15) is 4.79 Å². The second-order valence-corrected chi connectivity index (χ2v) is 3.45. The Hall–Kier alpha value is -0.570. The third-order valence-electron chi connectivity index (χ3n) is 1.40. The first-order chi connectivity index (χ1) is 6.06. The third-order valence-corrected chi connectivity index (χ3v) is 2.60. The molecule has 0 aliphatic carbocycles. The van der Waals surface area contributed by atoms with E-state index < -0.39 is 5.78 Å². The van der Waals surface area contributed by atoms with Crippen LogP contribution >= 0.6 is 34.8 Å². The first-order valence-electron chi connectivity index (χ1n) is 3.25. The first-order valence-corrected chi connectivity index (χ1v) is 4.39. The van der Waals surface area contributed by atoms with Gasteiger partial charge in [-0.2, -0.15) is 0 Å². The molecule has 0 unspecified atom stereocenters. The van der Waals surface area contributed by atoms with Gasteiger partial charge in [0.05, 0.1) is 21.3 Å². The molecule has 0 fully saturated rings. The Labute approximate surface area is 89.9 Å². The molecule has 2 nitrogen and oxygen atoms in total. The van der Waals surface area contributed by atoms with Crippen LogP contribution in [0.3, 0.4) is 0 Å². The van der Waals surface area contributed by atoms with Crippen LogP contribution in [0, 0.1) is 5.41 Å². The topological polar surface area (TPSA) is 40.9 Å². The fourth-order valence-corrected chi connectivity index (χ4v) is 1.38. The van der Waals surface area contributed by atoms with Gasteiger partial charge in [-0.3, -0.25) is 4.79 Å². The molecule has 0 atom stereocenters. The highest BCUT2D eigenvalue weighted by Gasteiger charge is 2.09. The van der Waals surface area contributed by atoms with Gasteiger partial charge in [0.25, 0.3) is 0 Å². The van der Waals surface area contributed by atoms with E-state index in [2.05, 4.69) is 0 Å². The van der Waals surface area contributed by atoms with Crippen molar-refractivity contribution in [2.75, 3.05) is 0 Å². The van der Waals surface area contributed by atoms with Gasteiger partial charge in [0.2, 0.25) is 5.78 Å². The number of carbonyl (C=O) groups excluding carboxylic acids is 1. The summed E-state index contributed by atoms with van der Waals surface area (Å²) in [6.45, 7) is 0. The van der Waals surface area contributed by atoms with E-state index in [1.54, 1.807) is 0 Å². The van der Waals surface area contributed by atoms with E-state index in [1.807, 2.05) is 0 Å². The van der Waals surface area contributed by atoms with Gasteiger partial charge in [-0.15, -0.1) is 0 Å². The van der Waals surface area contributed by atoms with Gasteiger partial charge in [0, 0.05) is 5.56 Å². The maximum atomic E-state index is 11.0. The Morgan fingerprint density at radius 1 is 1.23 bits per heavy atom. The Morgan fingerprint density at radius 2 is 1.69 bits per heavy atom. The maximum Gasteiger partial charge on any atom is 0.203 e. The molecular formula is C8H4Cl3NO. The molecule has 0 aliphatic rings. The molecule has 0 heterocycles. The molecule has 5 heteroatoms. The predicted octanol–water partition coefficient (Wildman–Crippen LogP) is 3.48. The monoisotopic (exact) mass is 235 g/mol. The molecule has 1 aromatic carbocycles. The van der Waals surface area contributed by atoms with Crippen LogP contribution in [0.4, 0.5) is 0 Å². The highest BCUT2D eigenvalue weighted by molar-refractivity contribution is 6.48. The number of rotatable bonds is 2. The van der Waals surface area contributed by atoms with Crippen molar-refractivity contribution in [1.29, 1.82) is 5.41 Å². The molecular weight excluding hydrogens is 232 g/mol. The summed E-state index contributed by atoms with van der Waals surface area (Å²) in [4.78, 5) is 11.0. The summed E-state index contributed by atoms with van der Waals surface area (Å²) in [5, 5.41) is 7.38. The highest BCUT2D eigenvalue weighted by atomic mass is 35.5. The first kappa shape index (κ1) is 10.5. The van der Waals surface area contributed by atoms with Crippen LogP contribution in [-0.2, 0) is 0 Å². The van der Waals surface area contributed by atoms with E-state index in [4.69, 9.17) is 40.2 Å². The van der Waals surface area contributed by atoms with Crippen LogP contribution in [0.5, 0.6) is 0 Å². The Balaban J connectivity index is 3.28. The number of hydrogen-bond acceptors (Lipinski definition) is 2. The van der Waals surface area contributed by atoms with E-state index in [0.29, 0.717) is 6.21 Å². The van der Waals surface area contributed by atoms with E-state index in [-0.39, 0.29) is 20.6 Å². The quantitative estimate of drug-likeness (QED) is 0.477. The van der Waals surface area contributed by atoms with Gasteiger partial charge >= 0.3 is 0 Å². The van der Waals surface area contributed by atoms with Crippen molar-refractivity contribution in [3.63, 3.8) is 0 Å². The smallest absolute Gasteiger partial charge is 0.203 e. The van der Waals surface area contributed by atoms with Gasteiger partial charge in [0.1, 0.15) is 0 Å². The summed E-state index contributed by atoms with van der Waals surface area (Å²) in [5.41, 5.74) is 0.259. The minimum absolute atomic E-state index is 0.208. The van der Waals surface area contributed by atoms with Crippen LogP contribution in [0.25, 0.3) is 0 Å². The van der Waals surface area contributed by atoms with E-state index >= 15 is 0 Å². The van der Waals surface area contributed by atoms with Crippen molar-refractivity contribution >= 4 is 46.8 Å². The molecule has 0 amide bonds. The summed E-state index contributed by atoms with van der Waals surface area (Å²) in [7, 11) is 0. The molecule has 68 valence electrons. The van der Waals surface area contributed by atoms with E-state index in [1.165, 1.54) is 12.1 Å². The minimum atomic E-state index is -0.458. The van der Waals surface area contributed by atoms with Crippen LogP contribution < -0.4 is 0 Å². The SMILES string of the molecule is N=CC(=O)c1cc(Cl)c(Cl)c(Cl)c1. The fraction of sp³-hybridized carbons (Fsp3) is 0. The van der Waals surface area contributed by atoms with Crippen LogP contribution in [0.15, 0.2) is 12.1 Å². The van der Waals surface area contributed by atoms with Gasteiger partial charge in [0.15, 0.2) is 0 Å². The van der Waals surface area contributed by atoms with E-state index in [0.717, 1.165) is 0 Å². The molecule has 0 saturated heterocycles. The normalized spacial score (nSPS) is 9.77. The Morgan fingerprint density at radius 3 is 2.08 bits per heavy atom. The van der Waals surface area contributed by atoms with Gasteiger partial charge in [-0.1, -0.05) is 34.8 Å². The molecule has 0 aromatic heterocycles. The second-order valence-electron chi connectivity index (χ2n) is 2.26. The van der Waals surface area contributed by atoms with Gasteiger partial charge in [-0.25, -0.2) is 0 Å². The second kappa shape index (κ2) is 4.09. The highest BCUT2D eigenvalue weighted by Crippen LogP contribution is 2.31. The zero-order valence-electron chi connectivity index (χ0n) is 6.27. The van der Waals surface area contributed by atoms with Gasteiger partial charge in [-0.05, 0) is 12.1 Å². The number of halogens is 3. The molecule has 1 N–H and O–H groups in total. The van der Waals surface area contributed by atoms with Crippen molar-refractivity contribution in [3.05, 3.63) is 32.8 Å². The van der Waals surface area contributed by atoms with Crippen molar-refractivity contribution in [2.45, 2.75) is 0 Å². The average Bonchev–Trinajstić information content (AvgIpc) is 2.12. The molecule has 0 saturated carbocycles. The number of Topliss-reactive ketones (excluding diaryl/α,β-unsaturated/α-hetero) is 1. The number of benzene rings is 1. The lowest BCUT2D eigenvalue weighted by molar-refractivity contribution is 0.107. The number of ketones is 1. The zero-order valence-corrected chi connectivity index (χ0v) is 8.54. The number of hydrogen-bond donors (Lipinski definition) is 1. The Bertz CT molecular complexity index is 353. The van der Waals surface area contributed by atoms with Crippen molar-refractivity contribution in [3.8, 4) is 0 Å². The lowest BCUT2D eigenvalue weighted by Crippen LogP contribution is -1.99. The molecule has 1 aromatic rings.